The molecule has 0 heterocycles. The number of amides is 1. The highest BCUT2D eigenvalue weighted by Crippen LogP contribution is 2.28. The van der Waals surface area contributed by atoms with Crippen molar-refractivity contribution in [2.45, 2.75) is 66.5 Å². The summed E-state index contributed by atoms with van der Waals surface area (Å²) in [5.41, 5.74) is 5.84. The summed E-state index contributed by atoms with van der Waals surface area (Å²) >= 11 is 0. The van der Waals surface area contributed by atoms with Gasteiger partial charge in [-0.25, -0.2) is 0 Å². The molecule has 0 spiro atoms. The number of rotatable bonds is 6. The maximum Gasteiger partial charge on any atom is 0.261 e. The van der Waals surface area contributed by atoms with Crippen LogP contribution >= 0.6 is 0 Å². The molecule has 0 aliphatic rings. The number of hydrogen-bond acceptors (Lipinski definition) is 2. The lowest BCUT2D eigenvalue weighted by atomic mass is 10.0. The summed E-state index contributed by atoms with van der Waals surface area (Å²) in [4.78, 5) is 12.6. The fraction of sp³-hybridized carbons (Fsp3) is 0.435. The largest absolute Gasteiger partial charge is 0.481 e. The van der Waals surface area contributed by atoms with Crippen LogP contribution < -0.4 is 10.1 Å². The zero-order chi connectivity index (χ0) is 19.4. The first-order valence-corrected chi connectivity index (χ1v) is 9.33. The van der Waals surface area contributed by atoms with Crippen LogP contribution in [0.5, 0.6) is 5.75 Å². The molecule has 0 saturated heterocycles. The second-order valence-corrected chi connectivity index (χ2v) is 7.53. The molecule has 0 bridgehead atoms. The van der Waals surface area contributed by atoms with Gasteiger partial charge in [0.05, 0.1) is 6.04 Å². The molecule has 0 aromatic heterocycles. The molecule has 1 amide bonds. The SMILES string of the molecule is Cc1ccc(C(C)C)c(O[C@@H](C)C(=O)N[C@H](C)c2ccc(C)c(C)c2)c1. The Hall–Kier alpha value is -2.29. The molecule has 2 rings (SSSR count). The minimum atomic E-state index is -0.553. The van der Waals surface area contributed by atoms with Gasteiger partial charge in [-0.05, 0) is 74.4 Å². The van der Waals surface area contributed by atoms with E-state index in [1.54, 1.807) is 6.92 Å². The number of nitrogens with one attached hydrogen (secondary N) is 1. The molecule has 0 aliphatic carbocycles. The van der Waals surface area contributed by atoms with E-state index in [0.717, 1.165) is 22.4 Å². The van der Waals surface area contributed by atoms with Crippen molar-refractivity contribution >= 4 is 5.91 Å². The molecule has 0 aliphatic heterocycles. The van der Waals surface area contributed by atoms with Crippen molar-refractivity contribution in [3.05, 3.63) is 64.2 Å². The van der Waals surface area contributed by atoms with Gasteiger partial charge in [-0.1, -0.05) is 44.2 Å². The van der Waals surface area contributed by atoms with Gasteiger partial charge in [-0.15, -0.1) is 0 Å². The molecular formula is C23H31NO2. The molecule has 26 heavy (non-hydrogen) atoms. The molecule has 0 fully saturated rings. The van der Waals surface area contributed by atoms with E-state index in [2.05, 4.69) is 63.3 Å². The summed E-state index contributed by atoms with van der Waals surface area (Å²) in [7, 11) is 0. The van der Waals surface area contributed by atoms with Crippen molar-refractivity contribution in [2.75, 3.05) is 0 Å². The Labute approximate surface area is 157 Å². The maximum absolute atomic E-state index is 12.6. The Morgan fingerprint density at radius 3 is 2.23 bits per heavy atom. The highest BCUT2D eigenvalue weighted by atomic mass is 16.5. The maximum atomic E-state index is 12.6. The van der Waals surface area contributed by atoms with Crippen molar-refractivity contribution in [1.82, 2.24) is 5.32 Å². The van der Waals surface area contributed by atoms with Crippen LogP contribution in [0.25, 0.3) is 0 Å². The Morgan fingerprint density at radius 1 is 0.923 bits per heavy atom. The average molecular weight is 354 g/mol. The number of carbonyl (C=O) groups excluding carboxylic acids is 1. The second kappa shape index (κ2) is 8.39. The summed E-state index contributed by atoms with van der Waals surface area (Å²) in [6, 6.07) is 12.4. The molecule has 140 valence electrons. The number of hydrogen-bond donors (Lipinski definition) is 1. The Balaban J connectivity index is 2.08. The van der Waals surface area contributed by atoms with Gasteiger partial charge in [-0.3, -0.25) is 4.79 Å². The van der Waals surface area contributed by atoms with Crippen LogP contribution in [0.2, 0.25) is 0 Å². The molecule has 2 atom stereocenters. The number of carbonyl (C=O) groups is 1. The third-order valence-corrected chi connectivity index (χ3v) is 4.85. The number of ether oxygens (including phenoxy) is 1. The predicted molar refractivity (Wildman–Crippen MR) is 108 cm³/mol. The summed E-state index contributed by atoms with van der Waals surface area (Å²) < 4.78 is 6.02. The molecular weight excluding hydrogens is 322 g/mol. The van der Waals surface area contributed by atoms with Crippen LogP contribution in [0.3, 0.4) is 0 Å². The molecule has 2 aromatic rings. The smallest absolute Gasteiger partial charge is 0.261 e. The quantitative estimate of drug-likeness (QED) is 0.757. The van der Waals surface area contributed by atoms with Crippen LogP contribution in [-0.2, 0) is 4.79 Å². The Morgan fingerprint density at radius 2 is 1.62 bits per heavy atom. The van der Waals surface area contributed by atoms with E-state index in [9.17, 15) is 4.79 Å². The van der Waals surface area contributed by atoms with E-state index in [0.29, 0.717) is 5.92 Å². The van der Waals surface area contributed by atoms with Crippen LogP contribution in [0.1, 0.15) is 67.5 Å². The van der Waals surface area contributed by atoms with Gasteiger partial charge in [0, 0.05) is 0 Å². The molecule has 3 nitrogen and oxygen atoms in total. The molecule has 1 N–H and O–H groups in total. The van der Waals surface area contributed by atoms with Crippen LogP contribution in [0, 0.1) is 20.8 Å². The van der Waals surface area contributed by atoms with Crippen LogP contribution in [0.15, 0.2) is 36.4 Å². The van der Waals surface area contributed by atoms with E-state index in [1.807, 2.05) is 19.9 Å². The van der Waals surface area contributed by atoms with Gasteiger partial charge in [0.1, 0.15) is 5.75 Å². The van der Waals surface area contributed by atoms with E-state index in [4.69, 9.17) is 4.74 Å². The zero-order valence-electron chi connectivity index (χ0n) is 17.0. The third kappa shape index (κ3) is 4.87. The van der Waals surface area contributed by atoms with Crippen molar-refractivity contribution in [2.24, 2.45) is 0 Å². The third-order valence-electron chi connectivity index (χ3n) is 4.85. The Bertz CT molecular complexity index is 780. The lowest BCUT2D eigenvalue weighted by Crippen LogP contribution is -2.38. The normalized spacial score (nSPS) is 13.4. The van der Waals surface area contributed by atoms with Gasteiger partial charge >= 0.3 is 0 Å². The number of benzene rings is 2. The fourth-order valence-corrected chi connectivity index (χ4v) is 2.91. The molecule has 3 heteroatoms. The summed E-state index contributed by atoms with van der Waals surface area (Å²) in [5, 5.41) is 3.06. The minimum Gasteiger partial charge on any atom is -0.481 e. The molecule has 0 unspecified atom stereocenters. The first-order chi connectivity index (χ1) is 12.2. The summed E-state index contributed by atoms with van der Waals surface area (Å²) in [6.07, 6.45) is -0.553. The lowest BCUT2D eigenvalue weighted by Gasteiger charge is -2.22. The molecule has 0 radical (unpaired) electrons. The van der Waals surface area contributed by atoms with Gasteiger partial charge in [-0.2, -0.15) is 0 Å². The summed E-state index contributed by atoms with van der Waals surface area (Å²) in [6.45, 7) is 14.3. The van der Waals surface area contributed by atoms with Crippen molar-refractivity contribution in [1.29, 1.82) is 0 Å². The van der Waals surface area contributed by atoms with Crippen molar-refractivity contribution < 1.29 is 9.53 Å². The predicted octanol–water partition coefficient (Wildman–Crippen LogP) is 5.38. The highest BCUT2D eigenvalue weighted by Gasteiger charge is 2.20. The van der Waals surface area contributed by atoms with Gasteiger partial charge in [0.25, 0.3) is 5.91 Å². The van der Waals surface area contributed by atoms with Gasteiger partial charge in [0.15, 0.2) is 6.10 Å². The first-order valence-electron chi connectivity index (χ1n) is 9.33. The fourth-order valence-electron chi connectivity index (χ4n) is 2.91. The monoisotopic (exact) mass is 353 g/mol. The first kappa shape index (κ1) is 20.0. The van der Waals surface area contributed by atoms with Crippen molar-refractivity contribution in [3.63, 3.8) is 0 Å². The van der Waals surface area contributed by atoms with E-state index in [-0.39, 0.29) is 11.9 Å². The van der Waals surface area contributed by atoms with Crippen LogP contribution in [-0.4, -0.2) is 12.0 Å². The number of aryl methyl sites for hydroxylation is 3. The Kier molecular flexibility index (Phi) is 6.47. The minimum absolute atomic E-state index is 0.0603. The van der Waals surface area contributed by atoms with E-state index < -0.39 is 6.10 Å². The van der Waals surface area contributed by atoms with E-state index >= 15 is 0 Å². The highest BCUT2D eigenvalue weighted by molar-refractivity contribution is 5.81. The average Bonchev–Trinajstić information content (AvgIpc) is 2.56. The topological polar surface area (TPSA) is 38.3 Å². The molecule has 2 aromatic carbocycles. The zero-order valence-corrected chi connectivity index (χ0v) is 17.0. The lowest BCUT2D eigenvalue weighted by molar-refractivity contribution is -0.127. The van der Waals surface area contributed by atoms with Gasteiger partial charge in [0.2, 0.25) is 0 Å². The van der Waals surface area contributed by atoms with E-state index in [1.165, 1.54) is 11.1 Å². The standard InChI is InChI=1S/C23H31NO2/c1-14(2)21-11-8-15(3)12-22(21)26-19(7)23(25)24-18(6)20-10-9-16(4)17(5)13-20/h8-14,18-19H,1-7H3,(H,24,25)/t18-,19+/m1/s1. The second-order valence-electron chi connectivity index (χ2n) is 7.53. The van der Waals surface area contributed by atoms with Crippen molar-refractivity contribution in [3.8, 4) is 5.75 Å². The summed E-state index contributed by atoms with van der Waals surface area (Å²) in [5.74, 6) is 1.03. The molecule has 0 saturated carbocycles. The van der Waals surface area contributed by atoms with Crippen LogP contribution in [0.4, 0.5) is 0 Å². The van der Waals surface area contributed by atoms with Gasteiger partial charge < -0.3 is 10.1 Å².